The zero-order valence-corrected chi connectivity index (χ0v) is 15.2. The average Bonchev–Trinajstić information content (AvgIpc) is 2.82. The van der Waals surface area contributed by atoms with Crippen LogP contribution in [-0.2, 0) is 10.0 Å². The van der Waals surface area contributed by atoms with Crippen LogP contribution in [0.3, 0.4) is 0 Å². The first-order valence-corrected chi connectivity index (χ1v) is 9.65. The lowest BCUT2D eigenvalue weighted by atomic mass is 10.1. The molecule has 1 N–H and O–H groups in total. The van der Waals surface area contributed by atoms with Crippen molar-refractivity contribution in [3.05, 3.63) is 78.4 Å². The fraction of sp³-hybridized carbons (Fsp3) is 0.0500. The first-order valence-electron chi connectivity index (χ1n) is 8.21. The van der Waals surface area contributed by atoms with Gasteiger partial charge in [-0.3, -0.25) is 4.79 Å². The van der Waals surface area contributed by atoms with Crippen LogP contribution in [0.4, 0.5) is 17.1 Å². The van der Waals surface area contributed by atoms with Crippen molar-refractivity contribution in [2.45, 2.75) is 4.90 Å². The van der Waals surface area contributed by atoms with Crippen LogP contribution in [0, 0.1) is 0 Å². The number of ether oxygens (including phenoxy) is 1. The molecule has 1 aliphatic heterocycles. The first kappa shape index (κ1) is 17.1. The van der Waals surface area contributed by atoms with Gasteiger partial charge in [0.05, 0.1) is 34.6 Å². The fourth-order valence-electron chi connectivity index (χ4n) is 3.00. The van der Waals surface area contributed by atoms with Crippen LogP contribution in [0.1, 0.15) is 10.4 Å². The van der Waals surface area contributed by atoms with Gasteiger partial charge in [0.15, 0.2) is 0 Å². The monoisotopic (exact) mass is 380 g/mol. The standard InChI is InChI=1S/C20H16N2O4S/c1-26-14-11-12-19-18(13-14)21-17-10-6-5-9-16(17)20(23)22(19)27(24,25)15-7-3-2-4-8-15/h2-13,21H,1H3. The lowest BCUT2D eigenvalue weighted by molar-refractivity contribution is 0.101. The second-order valence-corrected chi connectivity index (χ2v) is 7.73. The molecule has 4 rings (SSSR count). The van der Waals surface area contributed by atoms with Crippen molar-refractivity contribution in [1.82, 2.24) is 0 Å². The molecule has 0 spiro atoms. The number of rotatable bonds is 3. The minimum absolute atomic E-state index is 0.0412. The number of carbonyl (C=O) groups excluding carboxylic acids is 1. The predicted octanol–water partition coefficient (Wildman–Crippen LogP) is 3.79. The highest BCUT2D eigenvalue weighted by molar-refractivity contribution is 7.93. The lowest BCUT2D eigenvalue weighted by Gasteiger charge is -2.22. The maximum absolute atomic E-state index is 13.3. The summed E-state index contributed by atoms with van der Waals surface area (Å²) in [6.45, 7) is 0. The molecule has 0 aliphatic carbocycles. The van der Waals surface area contributed by atoms with E-state index < -0.39 is 15.9 Å². The zero-order chi connectivity index (χ0) is 19.0. The van der Waals surface area contributed by atoms with Gasteiger partial charge in [-0.2, -0.15) is 4.31 Å². The summed E-state index contributed by atoms with van der Waals surface area (Å²) in [4.78, 5) is 13.3. The van der Waals surface area contributed by atoms with E-state index in [4.69, 9.17) is 4.74 Å². The summed E-state index contributed by atoms with van der Waals surface area (Å²) in [6, 6.07) is 19.6. The quantitative estimate of drug-likeness (QED) is 0.748. The summed E-state index contributed by atoms with van der Waals surface area (Å²) in [5.41, 5.74) is 1.50. The third-order valence-electron chi connectivity index (χ3n) is 4.32. The molecule has 1 heterocycles. The topological polar surface area (TPSA) is 75.7 Å². The highest BCUT2D eigenvalue weighted by atomic mass is 32.2. The van der Waals surface area contributed by atoms with Crippen molar-refractivity contribution in [1.29, 1.82) is 0 Å². The molecule has 3 aromatic carbocycles. The SMILES string of the molecule is COc1ccc2c(c1)Nc1ccccc1C(=O)N2S(=O)(=O)c1ccccc1. The molecule has 0 fully saturated rings. The Bertz CT molecular complexity index is 1130. The van der Waals surface area contributed by atoms with Crippen LogP contribution < -0.4 is 14.4 Å². The number of nitrogens with zero attached hydrogens (tertiary/aromatic N) is 1. The maximum atomic E-state index is 13.3. The number of benzene rings is 3. The second kappa shape index (κ2) is 6.44. The van der Waals surface area contributed by atoms with E-state index in [1.165, 1.54) is 19.2 Å². The number of methoxy groups -OCH3 is 1. The number of para-hydroxylation sites is 1. The van der Waals surface area contributed by atoms with Crippen molar-refractivity contribution in [3.8, 4) is 5.75 Å². The smallest absolute Gasteiger partial charge is 0.274 e. The van der Waals surface area contributed by atoms with Gasteiger partial charge in [-0.15, -0.1) is 0 Å². The van der Waals surface area contributed by atoms with Crippen molar-refractivity contribution < 1.29 is 17.9 Å². The minimum atomic E-state index is -4.11. The molecule has 0 bridgehead atoms. The Hall–Kier alpha value is -3.32. The number of anilines is 3. The summed E-state index contributed by atoms with van der Waals surface area (Å²) < 4.78 is 32.7. The Balaban J connectivity index is 1.99. The van der Waals surface area contributed by atoms with Crippen molar-refractivity contribution in [3.63, 3.8) is 0 Å². The molecule has 0 unspecified atom stereocenters. The fourth-order valence-corrected chi connectivity index (χ4v) is 4.45. The van der Waals surface area contributed by atoms with Gasteiger partial charge in [-0.1, -0.05) is 30.3 Å². The highest BCUT2D eigenvalue weighted by Gasteiger charge is 2.36. The third kappa shape index (κ3) is 2.82. The van der Waals surface area contributed by atoms with Gasteiger partial charge in [0, 0.05) is 6.07 Å². The Kier molecular flexibility index (Phi) is 4.08. The molecule has 3 aromatic rings. The predicted molar refractivity (Wildman–Crippen MR) is 103 cm³/mol. The molecule has 0 saturated carbocycles. The largest absolute Gasteiger partial charge is 0.497 e. The molecule has 0 radical (unpaired) electrons. The van der Waals surface area contributed by atoms with E-state index in [9.17, 15) is 13.2 Å². The molecular weight excluding hydrogens is 364 g/mol. The van der Waals surface area contributed by atoms with E-state index in [0.29, 0.717) is 17.1 Å². The second-order valence-electron chi connectivity index (χ2n) is 5.94. The Morgan fingerprint density at radius 1 is 0.889 bits per heavy atom. The van der Waals surface area contributed by atoms with Gasteiger partial charge in [0.25, 0.3) is 15.9 Å². The van der Waals surface area contributed by atoms with E-state index in [2.05, 4.69) is 5.32 Å². The number of hydrogen-bond acceptors (Lipinski definition) is 5. The van der Waals surface area contributed by atoms with Crippen LogP contribution >= 0.6 is 0 Å². The van der Waals surface area contributed by atoms with Crippen LogP contribution in [0.2, 0.25) is 0 Å². The third-order valence-corrected chi connectivity index (χ3v) is 6.03. The van der Waals surface area contributed by atoms with Crippen LogP contribution in [0.15, 0.2) is 77.7 Å². The summed E-state index contributed by atoms with van der Waals surface area (Å²) in [6.07, 6.45) is 0. The number of sulfonamides is 1. The van der Waals surface area contributed by atoms with Gasteiger partial charge < -0.3 is 10.1 Å². The molecule has 136 valence electrons. The van der Waals surface area contributed by atoms with Gasteiger partial charge in [0.2, 0.25) is 0 Å². The molecule has 0 atom stereocenters. The average molecular weight is 380 g/mol. The van der Waals surface area contributed by atoms with Crippen molar-refractivity contribution in [2.75, 3.05) is 16.7 Å². The number of nitrogens with one attached hydrogen (secondary N) is 1. The molecular formula is C20H16N2O4S. The maximum Gasteiger partial charge on any atom is 0.274 e. The Morgan fingerprint density at radius 2 is 1.59 bits per heavy atom. The van der Waals surface area contributed by atoms with Gasteiger partial charge in [-0.05, 0) is 36.4 Å². The van der Waals surface area contributed by atoms with Crippen LogP contribution in [-0.4, -0.2) is 21.4 Å². The summed E-state index contributed by atoms with van der Waals surface area (Å²) in [5.74, 6) is -0.0731. The van der Waals surface area contributed by atoms with Crippen molar-refractivity contribution in [2.24, 2.45) is 0 Å². The number of carbonyl (C=O) groups is 1. The van der Waals surface area contributed by atoms with Crippen molar-refractivity contribution >= 4 is 33.0 Å². The van der Waals surface area contributed by atoms with E-state index in [1.54, 1.807) is 60.7 Å². The summed E-state index contributed by atoms with van der Waals surface area (Å²) in [7, 11) is -2.58. The van der Waals surface area contributed by atoms with E-state index in [1.807, 2.05) is 0 Å². The number of fused-ring (bicyclic) bond motifs is 2. The molecule has 1 aliphatic rings. The molecule has 27 heavy (non-hydrogen) atoms. The zero-order valence-electron chi connectivity index (χ0n) is 14.4. The van der Waals surface area contributed by atoms with Crippen LogP contribution in [0.5, 0.6) is 5.75 Å². The van der Waals surface area contributed by atoms with Gasteiger partial charge in [0.1, 0.15) is 5.75 Å². The minimum Gasteiger partial charge on any atom is -0.497 e. The van der Waals surface area contributed by atoms with E-state index in [0.717, 1.165) is 4.31 Å². The van der Waals surface area contributed by atoms with E-state index in [-0.39, 0.29) is 16.1 Å². The van der Waals surface area contributed by atoms with Gasteiger partial charge in [-0.25, -0.2) is 8.42 Å². The van der Waals surface area contributed by atoms with Crippen LogP contribution in [0.25, 0.3) is 0 Å². The normalized spacial score (nSPS) is 13.2. The van der Waals surface area contributed by atoms with E-state index >= 15 is 0 Å². The number of amides is 1. The summed E-state index contributed by atoms with van der Waals surface area (Å²) >= 11 is 0. The molecule has 0 saturated heterocycles. The molecule has 0 aromatic heterocycles. The first-order chi connectivity index (χ1) is 13.0. The lowest BCUT2D eigenvalue weighted by Crippen LogP contribution is -2.36. The molecule has 7 heteroatoms. The Morgan fingerprint density at radius 3 is 2.33 bits per heavy atom. The highest BCUT2D eigenvalue weighted by Crippen LogP contribution is 2.40. The number of hydrogen-bond donors (Lipinski definition) is 1. The van der Waals surface area contributed by atoms with Gasteiger partial charge >= 0.3 is 0 Å². The Labute approximate surface area is 157 Å². The molecule has 1 amide bonds. The summed E-state index contributed by atoms with van der Waals surface area (Å²) in [5, 5.41) is 3.15. The molecule has 6 nitrogen and oxygen atoms in total.